The van der Waals surface area contributed by atoms with E-state index in [1.54, 1.807) is 0 Å². The Balaban J connectivity index is 0.000000209. The van der Waals surface area contributed by atoms with Gasteiger partial charge in [0.1, 0.15) is 0 Å². The van der Waals surface area contributed by atoms with E-state index in [1.807, 2.05) is 30.3 Å². The van der Waals surface area contributed by atoms with Gasteiger partial charge in [0.25, 0.3) is 0 Å². The van der Waals surface area contributed by atoms with Crippen molar-refractivity contribution in [1.29, 1.82) is 0 Å². The first-order chi connectivity index (χ1) is 8.29. The van der Waals surface area contributed by atoms with E-state index >= 15 is 0 Å². The van der Waals surface area contributed by atoms with Crippen LogP contribution in [0.2, 0.25) is 0 Å². The predicted octanol–water partition coefficient (Wildman–Crippen LogP) is 2.11. The van der Waals surface area contributed by atoms with Gasteiger partial charge in [-0.15, -0.1) is 0 Å². The number of nitrogen functional groups attached to an aromatic ring is 1. The number of benzene rings is 2. The number of rotatable bonds is 3. The van der Waals surface area contributed by atoms with E-state index in [0.717, 1.165) is 37.0 Å². The van der Waals surface area contributed by atoms with Gasteiger partial charge in [0, 0.05) is 11.1 Å². The van der Waals surface area contributed by atoms with E-state index in [1.165, 1.54) is 5.39 Å². The lowest BCUT2D eigenvalue weighted by molar-refractivity contribution is 0.755. The van der Waals surface area contributed by atoms with Gasteiger partial charge in [-0.25, -0.2) is 0 Å². The molecule has 17 heavy (non-hydrogen) atoms. The van der Waals surface area contributed by atoms with Crippen LogP contribution in [0.1, 0.15) is 12.8 Å². The summed E-state index contributed by atoms with van der Waals surface area (Å²) in [6.45, 7) is 1.55. The molecular weight excluding hydrogens is 210 g/mol. The fourth-order valence-corrected chi connectivity index (χ4v) is 1.54. The van der Waals surface area contributed by atoms with Crippen LogP contribution in [0.15, 0.2) is 42.5 Å². The summed E-state index contributed by atoms with van der Waals surface area (Å²) in [6, 6.07) is 14.1. The van der Waals surface area contributed by atoms with E-state index < -0.39 is 0 Å². The van der Waals surface area contributed by atoms with Crippen molar-refractivity contribution in [3.63, 3.8) is 0 Å². The Morgan fingerprint density at radius 1 is 0.765 bits per heavy atom. The van der Waals surface area contributed by atoms with E-state index in [2.05, 4.69) is 12.1 Å². The number of unbranched alkanes of at least 4 members (excludes halogenated alkanes) is 1. The van der Waals surface area contributed by atoms with Crippen LogP contribution in [0, 0.1) is 0 Å². The molecule has 0 aliphatic rings. The molecular formula is C14H21N3. The molecule has 3 heteroatoms. The van der Waals surface area contributed by atoms with Crippen molar-refractivity contribution in [2.24, 2.45) is 11.5 Å². The van der Waals surface area contributed by atoms with Gasteiger partial charge in [-0.05, 0) is 37.4 Å². The molecule has 0 fully saturated rings. The largest absolute Gasteiger partial charge is 0.398 e. The third-order valence-electron chi connectivity index (χ3n) is 2.48. The summed E-state index contributed by atoms with van der Waals surface area (Å²) in [5.74, 6) is 0. The maximum absolute atomic E-state index is 5.76. The van der Waals surface area contributed by atoms with Crippen LogP contribution in [-0.2, 0) is 0 Å². The zero-order chi connectivity index (χ0) is 12.5. The molecule has 2 aromatic rings. The number of hydrogen-bond acceptors (Lipinski definition) is 3. The van der Waals surface area contributed by atoms with Gasteiger partial charge in [-0.2, -0.15) is 0 Å². The predicted molar refractivity (Wildman–Crippen MR) is 75.7 cm³/mol. The van der Waals surface area contributed by atoms with Crippen molar-refractivity contribution in [2.45, 2.75) is 12.8 Å². The third kappa shape index (κ3) is 4.43. The van der Waals surface area contributed by atoms with E-state index in [-0.39, 0.29) is 0 Å². The Labute approximate surface area is 103 Å². The Bertz CT molecular complexity index is 431. The molecule has 0 saturated carbocycles. The summed E-state index contributed by atoms with van der Waals surface area (Å²) in [7, 11) is 0. The van der Waals surface area contributed by atoms with Crippen molar-refractivity contribution in [1.82, 2.24) is 0 Å². The quantitative estimate of drug-likeness (QED) is 0.559. The van der Waals surface area contributed by atoms with Crippen molar-refractivity contribution in [2.75, 3.05) is 18.8 Å². The molecule has 3 nitrogen and oxygen atoms in total. The average molecular weight is 231 g/mol. The highest BCUT2D eigenvalue weighted by atomic mass is 14.5. The first kappa shape index (κ1) is 13.5. The molecule has 2 aromatic carbocycles. The number of anilines is 1. The lowest BCUT2D eigenvalue weighted by Gasteiger charge is -1.98. The molecule has 2 rings (SSSR count). The van der Waals surface area contributed by atoms with Gasteiger partial charge >= 0.3 is 0 Å². The highest BCUT2D eigenvalue weighted by Gasteiger charge is 1.92. The van der Waals surface area contributed by atoms with Gasteiger partial charge in [0.15, 0.2) is 0 Å². The monoisotopic (exact) mass is 231 g/mol. The van der Waals surface area contributed by atoms with Crippen molar-refractivity contribution in [3.8, 4) is 0 Å². The van der Waals surface area contributed by atoms with Crippen LogP contribution in [0.25, 0.3) is 10.8 Å². The van der Waals surface area contributed by atoms with Crippen LogP contribution in [0.3, 0.4) is 0 Å². The molecule has 0 saturated heterocycles. The lowest BCUT2D eigenvalue weighted by Crippen LogP contribution is -2.03. The molecule has 92 valence electrons. The Kier molecular flexibility index (Phi) is 6.07. The fraction of sp³-hybridized carbons (Fsp3) is 0.286. The van der Waals surface area contributed by atoms with Crippen molar-refractivity contribution >= 4 is 16.5 Å². The van der Waals surface area contributed by atoms with Gasteiger partial charge in [0.2, 0.25) is 0 Å². The maximum Gasteiger partial charge on any atom is 0.0393 e. The molecule has 0 aliphatic heterocycles. The number of hydrogen-bond donors (Lipinski definition) is 3. The second kappa shape index (κ2) is 7.65. The summed E-state index contributed by atoms with van der Waals surface area (Å²) in [6.07, 6.45) is 2.13. The second-order valence-corrected chi connectivity index (χ2v) is 3.85. The van der Waals surface area contributed by atoms with Crippen LogP contribution < -0.4 is 17.2 Å². The van der Waals surface area contributed by atoms with Crippen LogP contribution in [0.5, 0.6) is 0 Å². The molecule has 0 unspecified atom stereocenters. The van der Waals surface area contributed by atoms with Crippen LogP contribution in [0.4, 0.5) is 5.69 Å². The topological polar surface area (TPSA) is 78.1 Å². The minimum Gasteiger partial charge on any atom is -0.398 e. The molecule has 0 amide bonds. The lowest BCUT2D eigenvalue weighted by atomic mass is 10.1. The zero-order valence-corrected chi connectivity index (χ0v) is 10.1. The molecule has 0 aromatic heterocycles. The first-order valence-corrected chi connectivity index (χ1v) is 5.93. The van der Waals surface area contributed by atoms with Gasteiger partial charge in [0.05, 0.1) is 0 Å². The van der Waals surface area contributed by atoms with E-state index in [9.17, 15) is 0 Å². The Hall–Kier alpha value is -1.58. The van der Waals surface area contributed by atoms with Gasteiger partial charge in [-0.1, -0.05) is 36.4 Å². The highest BCUT2D eigenvalue weighted by Crippen LogP contribution is 2.19. The Morgan fingerprint density at radius 3 is 1.94 bits per heavy atom. The molecule has 0 heterocycles. The second-order valence-electron chi connectivity index (χ2n) is 3.85. The summed E-state index contributed by atoms with van der Waals surface area (Å²) < 4.78 is 0. The van der Waals surface area contributed by atoms with Crippen molar-refractivity contribution < 1.29 is 0 Å². The molecule has 0 spiro atoms. The minimum atomic E-state index is 0.775. The SMILES string of the molecule is NCCCCN.Nc1cccc2ccccc12. The summed E-state index contributed by atoms with van der Waals surface area (Å²) in [4.78, 5) is 0. The maximum atomic E-state index is 5.76. The fourth-order valence-electron chi connectivity index (χ4n) is 1.54. The minimum absolute atomic E-state index is 0.775. The summed E-state index contributed by atoms with van der Waals surface area (Å²) in [5.41, 5.74) is 16.9. The number of fused-ring (bicyclic) bond motifs is 1. The summed E-state index contributed by atoms with van der Waals surface area (Å²) >= 11 is 0. The zero-order valence-electron chi connectivity index (χ0n) is 10.1. The smallest absolute Gasteiger partial charge is 0.0393 e. The van der Waals surface area contributed by atoms with E-state index in [4.69, 9.17) is 17.2 Å². The Morgan fingerprint density at radius 2 is 1.35 bits per heavy atom. The van der Waals surface area contributed by atoms with Gasteiger partial charge in [-0.3, -0.25) is 0 Å². The van der Waals surface area contributed by atoms with Crippen LogP contribution in [-0.4, -0.2) is 13.1 Å². The average Bonchev–Trinajstić information content (AvgIpc) is 2.38. The van der Waals surface area contributed by atoms with E-state index in [0.29, 0.717) is 0 Å². The molecule has 0 bridgehead atoms. The normalized spacial score (nSPS) is 9.76. The van der Waals surface area contributed by atoms with Crippen LogP contribution >= 0.6 is 0 Å². The molecule has 0 aliphatic carbocycles. The van der Waals surface area contributed by atoms with Crippen molar-refractivity contribution in [3.05, 3.63) is 42.5 Å². The molecule has 0 radical (unpaired) electrons. The molecule has 6 N–H and O–H groups in total. The number of nitrogens with two attached hydrogens (primary N) is 3. The van der Waals surface area contributed by atoms with Gasteiger partial charge < -0.3 is 17.2 Å². The molecule has 0 atom stereocenters. The first-order valence-electron chi connectivity index (χ1n) is 5.93. The highest BCUT2D eigenvalue weighted by molar-refractivity contribution is 5.92. The third-order valence-corrected chi connectivity index (χ3v) is 2.48. The summed E-state index contributed by atoms with van der Waals surface area (Å²) in [5, 5.41) is 2.34. The standard InChI is InChI=1S/C10H9N.C4H12N2/c11-10-7-3-5-8-4-1-2-6-9(8)10;5-3-1-2-4-6/h1-7H,11H2;1-6H2.